The summed E-state index contributed by atoms with van der Waals surface area (Å²) < 4.78 is 7.72. The van der Waals surface area contributed by atoms with E-state index in [9.17, 15) is 5.11 Å². The number of hydrogen-bond donors (Lipinski definition) is 1. The van der Waals surface area contributed by atoms with E-state index in [0.717, 1.165) is 56.5 Å². The molecule has 0 radical (unpaired) electrons. The lowest BCUT2D eigenvalue weighted by molar-refractivity contribution is -0.0393. The largest absolute Gasteiger partial charge is 0.396 e. The van der Waals surface area contributed by atoms with Gasteiger partial charge in [-0.2, -0.15) is 5.10 Å². The van der Waals surface area contributed by atoms with Crippen molar-refractivity contribution in [3.05, 3.63) is 36.2 Å². The summed E-state index contributed by atoms with van der Waals surface area (Å²) in [7, 11) is 0. The number of ether oxygens (including phenoxy) is 1. The first-order valence-corrected chi connectivity index (χ1v) is 9.57. The van der Waals surface area contributed by atoms with E-state index in [-0.39, 0.29) is 6.23 Å². The Morgan fingerprint density at radius 3 is 2.60 bits per heavy atom. The van der Waals surface area contributed by atoms with Crippen LogP contribution in [0.2, 0.25) is 0 Å². The summed E-state index contributed by atoms with van der Waals surface area (Å²) in [6.07, 6.45) is 12.0. The number of aliphatic hydroxyl groups is 1. The van der Waals surface area contributed by atoms with Gasteiger partial charge in [-0.25, -0.2) is 4.68 Å². The molecule has 0 bridgehead atoms. The highest BCUT2D eigenvalue weighted by Gasteiger charge is 2.22. The molecule has 1 saturated carbocycles. The summed E-state index contributed by atoms with van der Waals surface area (Å²) in [6.45, 7) is 1.16. The van der Waals surface area contributed by atoms with Gasteiger partial charge in [-0.15, -0.1) is 0 Å². The van der Waals surface area contributed by atoms with Gasteiger partial charge in [-0.3, -0.25) is 4.98 Å². The van der Waals surface area contributed by atoms with E-state index in [1.807, 2.05) is 23.1 Å². The predicted octanol–water partition coefficient (Wildman–Crippen LogP) is 3.91. The van der Waals surface area contributed by atoms with Crippen molar-refractivity contribution in [3.63, 3.8) is 0 Å². The fourth-order valence-corrected chi connectivity index (χ4v) is 4.04. The first-order valence-electron chi connectivity index (χ1n) is 9.57. The number of aromatic nitrogens is 3. The van der Waals surface area contributed by atoms with Gasteiger partial charge in [0.2, 0.25) is 0 Å². The number of nitrogens with zero attached hydrogens (tertiary/aromatic N) is 3. The Hall–Kier alpha value is -1.72. The first-order chi connectivity index (χ1) is 12.3. The topological polar surface area (TPSA) is 60.2 Å². The maximum absolute atomic E-state index is 9.28. The monoisotopic (exact) mass is 341 g/mol. The van der Waals surface area contributed by atoms with Crippen LogP contribution in [0.3, 0.4) is 0 Å². The molecule has 2 aromatic heterocycles. The van der Waals surface area contributed by atoms with Crippen LogP contribution in [-0.4, -0.2) is 33.1 Å². The average Bonchev–Trinajstić information content (AvgIpc) is 3.19. The summed E-state index contributed by atoms with van der Waals surface area (Å²) >= 11 is 0. The lowest BCUT2D eigenvalue weighted by atomic mass is 9.79. The number of pyridine rings is 1. The van der Waals surface area contributed by atoms with Crippen LogP contribution in [0.15, 0.2) is 30.6 Å². The van der Waals surface area contributed by atoms with Crippen molar-refractivity contribution in [2.24, 2.45) is 5.92 Å². The number of rotatable bonds is 4. The van der Waals surface area contributed by atoms with Gasteiger partial charge in [0.1, 0.15) is 11.9 Å². The van der Waals surface area contributed by atoms with Crippen LogP contribution in [0.1, 0.15) is 62.7 Å². The van der Waals surface area contributed by atoms with E-state index in [1.165, 1.54) is 12.0 Å². The van der Waals surface area contributed by atoms with Crippen molar-refractivity contribution in [3.8, 4) is 11.4 Å². The minimum absolute atomic E-state index is 0.0727. The lowest BCUT2D eigenvalue weighted by Gasteiger charge is -2.27. The highest BCUT2D eigenvalue weighted by Crippen LogP contribution is 2.35. The maximum Gasteiger partial charge on any atom is 0.150 e. The molecule has 25 heavy (non-hydrogen) atoms. The molecule has 1 N–H and O–H groups in total. The molecular weight excluding hydrogens is 314 g/mol. The Kier molecular flexibility index (Phi) is 5.13. The molecule has 0 spiro atoms. The van der Waals surface area contributed by atoms with E-state index in [4.69, 9.17) is 4.74 Å². The Morgan fingerprint density at radius 1 is 1.04 bits per heavy atom. The fourth-order valence-electron chi connectivity index (χ4n) is 4.04. The standard InChI is InChI=1S/C20H27N3O2/c24-14-15-4-6-16(7-5-15)17-8-9-18(21-13-17)19-10-11-23(22-19)20-3-1-2-12-25-20/h8-11,13,15-16,20,24H,1-7,12,14H2. The van der Waals surface area contributed by atoms with Crippen LogP contribution in [0, 0.1) is 5.92 Å². The molecule has 3 heterocycles. The van der Waals surface area contributed by atoms with Crippen molar-refractivity contribution < 1.29 is 9.84 Å². The Morgan fingerprint density at radius 2 is 1.92 bits per heavy atom. The lowest BCUT2D eigenvalue weighted by Crippen LogP contribution is -2.18. The molecule has 1 aliphatic heterocycles. The van der Waals surface area contributed by atoms with Crippen molar-refractivity contribution in [1.82, 2.24) is 14.8 Å². The van der Waals surface area contributed by atoms with Crippen molar-refractivity contribution >= 4 is 0 Å². The summed E-state index contributed by atoms with van der Waals surface area (Å²) in [5, 5.41) is 13.9. The Balaban J connectivity index is 1.43. The third-order valence-electron chi connectivity index (χ3n) is 5.68. The maximum atomic E-state index is 9.28. The van der Waals surface area contributed by atoms with Gasteiger partial charge < -0.3 is 9.84 Å². The molecule has 1 saturated heterocycles. The van der Waals surface area contributed by atoms with Gasteiger partial charge in [0.05, 0.1) is 5.69 Å². The highest BCUT2D eigenvalue weighted by molar-refractivity contribution is 5.53. The van der Waals surface area contributed by atoms with E-state index in [1.54, 1.807) is 0 Å². The van der Waals surface area contributed by atoms with Crippen LogP contribution < -0.4 is 0 Å². The zero-order valence-electron chi connectivity index (χ0n) is 14.7. The normalized spacial score (nSPS) is 27.3. The molecule has 2 aliphatic rings. The SMILES string of the molecule is OCC1CCC(c2ccc(-c3ccn(C4CCCCO4)n3)nc2)CC1. The number of aliphatic hydroxyl groups excluding tert-OH is 1. The predicted molar refractivity (Wildman–Crippen MR) is 96.1 cm³/mol. The van der Waals surface area contributed by atoms with E-state index >= 15 is 0 Å². The average molecular weight is 341 g/mol. The van der Waals surface area contributed by atoms with Crippen LogP contribution >= 0.6 is 0 Å². The van der Waals surface area contributed by atoms with Crippen molar-refractivity contribution in [2.45, 2.75) is 57.1 Å². The van der Waals surface area contributed by atoms with Gasteiger partial charge >= 0.3 is 0 Å². The van der Waals surface area contributed by atoms with Crippen molar-refractivity contribution in [2.75, 3.05) is 13.2 Å². The second-order valence-corrected chi connectivity index (χ2v) is 7.38. The molecule has 4 rings (SSSR count). The van der Waals surface area contributed by atoms with Crippen LogP contribution in [0.5, 0.6) is 0 Å². The highest BCUT2D eigenvalue weighted by atomic mass is 16.5. The smallest absolute Gasteiger partial charge is 0.150 e. The third kappa shape index (κ3) is 3.77. The zero-order chi connectivity index (χ0) is 17.1. The van der Waals surface area contributed by atoms with Gasteiger partial charge in [-0.1, -0.05) is 6.07 Å². The molecule has 1 atom stereocenters. The Bertz CT molecular complexity index is 669. The van der Waals surface area contributed by atoms with Crippen LogP contribution in [0.25, 0.3) is 11.4 Å². The van der Waals surface area contributed by atoms with E-state index in [2.05, 4.69) is 22.2 Å². The van der Waals surface area contributed by atoms with E-state index < -0.39 is 0 Å². The zero-order valence-corrected chi connectivity index (χ0v) is 14.7. The summed E-state index contributed by atoms with van der Waals surface area (Å²) in [5.41, 5.74) is 3.14. The molecule has 1 unspecified atom stereocenters. The molecule has 134 valence electrons. The van der Waals surface area contributed by atoms with Crippen molar-refractivity contribution in [1.29, 1.82) is 0 Å². The number of hydrogen-bond acceptors (Lipinski definition) is 4. The third-order valence-corrected chi connectivity index (χ3v) is 5.68. The second kappa shape index (κ2) is 7.67. The minimum atomic E-state index is 0.0727. The van der Waals surface area contributed by atoms with E-state index in [0.29, 0.717) is 18.4 Å². The molecule has 5 nitrogen and oxygen atoms in total. The van der Waals surface area contributed by atoms with Gasteiger partial charge in [0.15, 0.2) is 0 Å². The summed E-state index contributed by atoms with van der Waals surface area (Å²) in [6, 6.07) is 6.30. The molecule has 0 amide bonds. The van der Waals surface area contributed by atoms with Gasteiger partial charge in [0.25, 0.3) is 0 Å². The Labute approximate surface area is 149 Å². The van der Waals surface area contributed by atoms with Gasteiger partial charge in [0, 0.05) is 25.6 Å². The fraction of sp³-hybridized carbons (Fsp3) is 0.600. The molecule has 2 aromatic rings. The minimum Gasteiger partial charge on any atom is -0.396 e. The molecule has 1 aliphatic carbocycles. The molecule has 5 heteroatoms. The molecular formula is C20H27N3O2. The summed E-state index contributed by atoms with van der Waals surface area (Å²) in [4.78, 5) is 4.66. The second-order valence-electron chi connectivity index (χ2n) is 7.38. The van der Waals surface area contributed by atoms with Crippen LogP contribution in [0.4, 0.5) is 0 Å². The first kappa shape index (κ1) is 16.7. The van der Waals surface area contributed by atoms with Crippen LogP contribution in [-0.2, 0) is 4.74 Å². The molecule has 2 fully saturated rings. The van der Waals surface area contributed by atoms with Gasteiger partial charge in [-0.05, 0) is 74.5 Å². The quantitative estimate of drug-likeness (QED) is 0.916. The molecule has 0 aromatic carbocycles. The summed E-state index contributed by atoms with van der Waals surface area (Å²) in [5.74, 6) is 1.08.